The lowest BCUT2D eigenvalue weighted by molar-refractivity contribution is -0.130. The van der Waals surface area contributed by atoms with E-state index in [-0.39, 0.29) is 6.04 Å². The van der Waals surface area contributed by atoms with Crippen molar-refractivity contribution in [1.29, 1.82) is 0 Å². The summed E-state index contributed by atoms with van der Waals surface area (Å²) in [5.74, 6) is 0.855. The molecular formula is C10H18N2O. The van der Waals surface area contributed by atoms with Gasteiger partial charge >= 0.3 is 0 Å². The van der Waals surface area contributed by atoms with Crippen LogP contribution in [0.5, 0.6) is 0 Å². The normalized spacial score (nSPS) is 31.3. The van der Waals surface area contributed by atoms with Crippen molar-refractivity contribution >= 4 is 5.78 Å². The van der Waals surface area contributed by atoms with E-state index < -0.39 is 0 Å². The third-order valence-corrected chi connectivity index (χ3v) is 3.35. The largest absolute Gasteiger partial charge is 0.313 e. The Balaban J connectivity index is 1.93. The lowest BCUT2D eigenvalue weighted by Gasteiger charge is -2.36. The minimum atomic E-state index is 0.152. The summed E-state index contributed by atoms with van der Waals surface area (Å²) in [4.78, 5) is 14.1. The molecule has 0 aromatic rings. The number of carbonyl (C=O) groups is 1. The Labute approximate surface area is 79.5 Å². The Morgan fingerprint density at radius 1 is 1.46 bits per heavy atom. The number of nitrogens with one attached hydrogen (secondary N) is 1. The number of Topliss-reactive ketones (excluding diaryl/α,β-unsaturated/α-hetero) is 1. The van der Waals surface area contributed by atoms with Gasteiger partial charge < -0.3 is 5.32 Å². The molecule has 1 saturated carbocycles. The summed E-state index contributed by atoms with van der Waals surface area (Å²) < 4.78 is 0. The van der Waals surface area contributed by atoms with Crippen LogP contribution in [-0.2, 0) is 4.79 Å². The SMILES string of the molecule is CN1CCNCC1C(=O)C1CCC1. The van der Waals surface area contributed by atoms with E-state index in [0.717, 1.165) is 32.5 Å². The van der Waals surface area contributed by atoms with Crippen LogP contribution >= 0.6 is 0 Å². The van der Waals surface area contributed by atoms with Crippen molar-refractivity contribution in [2.75, 3.05) is 26.7 Å². The van der Waals surface area contributed by atoms with Crippen LogP contribution in [-0.4, -0.2) is 43.4 Å². The number of hydrogen-bond acceptors (Lipinski definition) is 3. The van der Waals surface area contributed by atoms with Crippen LogP contribution < -0.4 is 5.32 Å². The Bertz CT molecular complexity index is 201. The third kappa shape index (κ3) is 1.76. The van der Waals surface area contributed by atoms with Gasteiger partial charge in [-0.1, -0.05) is 6.42 Å². The van der Waals surface area contributed by atoms with Gasteiger partial charge in [-0.3, -0.25) is 9.69 Å². The summed E-state index contributed by atoms with van der Waals surface area (Å²) in [5, 5.41) is 3.29. The fraction of sp³-hybridized carbons (Fsp3) is 0.900. The van der Waals surface area contributed by atoms with Gasteiger partial charge in [0.25, 0.3) is 0 Å². The molecule has 0 aromatic heterocycles. The molecule has 1 aliphatic heterocycles. The number of rotatable bonds is 2. The van der Waals surface area contributed by atoms with Crippen molar-refractivity contribution in [1.82, 2.24) is 10.2 Å². The molecule has 1 unspecified atom stereocenters. The quantitative estimate of drug-likeness (QED) is 0.665. The fourth-order valence-electron chi connectivity index (χ4n) is 2.09. The average Bonchev–Trinajstić information content (AvgIpc) is 2.01. The number of hydrogen-bond donors (Lipinski definition) is 1. The number of piperazine rings is 1. The van der Waals surface area contributed by atoms with Gasteiger partial charge in [0.05, 0.1) is 6.04 Å². The molecule has 0 radical (unpaired) electrons. The van der Waals surface area contributed by atoms with Gasteiger partial charge in [0.15, 0.2) is 5.78 Å². The molecule has 0 aromatic carbocycles. The maximum absolute atomic E-state index is 11.9. The maximum atomic E-state index is 11.9. The molecule has 1 N–H and O–H groups in total. The highest BCUT2D eigenvalue weighted by Gasteiger charge is 2.34. The molecule has 1 aliphatic carbocycles. The fourth-order valence-corrected chi connectivity index (χ4v) is 2.09. The summed E-state index contributed by atoms with van der Waals surface area (Å²) in [6.07, 6.45) is 3.51. The Morgan fingerprint density at radius 2 is 2.23 bits per heavy atom. The molecule has 3 heteroatoms. The molecule has 2 rings (SSSR count). The first-order valence-electron chi connectivity index (χ1n) is 5.23. The summed E-state index contributed by atoms with van der Waals surface area (Å²) in [6.45, 7) is 2.87. The molecule has 1 atom stereocenters. The van der Waals surface area contributed by atoms with E-state index in [1.165, 1.54) is 6.42 Å². The van der Waals surface area contributed by atoms with Crippen LogP contribution in [0.25, 0.3) is 0 Å². The second-order valence-corrected chi connectivity index (χ2v) is 4.23. The smallest absolute Gasteiger partial charge is 0.154 e. The van der Waals surface area contributed by atoms with Gasteiger partial charge in [-0.25, -0.2) is 0 Å². The molecule has 13 heavy (non-hydrogen) atoms. The van der Waals surface area contributed by atoms with Crippen LogP contribution in [0, 0.1) is 5.92 Å². The molecule has 0 bridgehead atoms. The summed E-state index contributed by atoms with van der Waals surface area (Å²) in [6, 6.07) is 0.152. The summed E-state index contributed by atoms with van der Waals surface area (Å²) in [7, 11) is 2.06. The molecule has 0 amide bonds. The molecule has 1 saturated heterocycles. The Morgan fingerprint density at radius 3 is 2.77 bits per heavy atom. The van der Waals surface area contributed by atoms with E-state index in [4.69, 9.17) is 0 Å². The lowest BCUT2D eigenvalue weighted by Crippen LogP contribution is -2.55. The molecule has 3 nitrogen and oxygen atoms in total. The van der Waals surface area contributed by atoms with Gasteiger partial charge in [-0.2, -0.15) is 0 Å². The predicted octanol–water partition coefficient (Wildman–Crippen LogP) is 0.259. The molecular weight excluding hydrogens is 164 g/mol. The topological polar surface area (TPSA) is 32.3 Å². The Kier molecular flexibility index (Phi) is 2.65. The minimum absolute atomic E-state index is 0.152. The third-order valence-electron chi connectivity index (χ3n) is 3.35. The predicted molar refractivity (Wildman–Crippen MR) is 51.6 cm³/mol. The first kappa shape index (κ1) is 9.16. The number of ketones is 1. The second kappa shape index (κ2) is 3.76. The second-order valence-electron chi connectivity index (χ2n) is 4.23. The minimum Gasteiger partial charge on any atom is -0.313 e. The molecule has 1 heterocycles. The van der Waals surface area contributed by atoms with Gasteiger partial charge in [0.2, 0.25) is 0 Å². The van der Waals surface area contributed by atoms with Crippen LogP contribution in [0.4, 0.5) is 0 Å². The van der Waals surface area contributed by atoms with E-state index >= 15 is 0 Å². The van der Waals surface area contributed by atoms with Crippen molar-refractivity contribution in [3.63, 3.8) is 0 Å². The van der Waals surface area contributed by atoms with Crippen LogP contribution in [0.1, 0.15) is 19.3 Å². The maximum Gasteiger partial charge on any atom is 0.154 e. The number of likely N-dealkylation sites (N-methyl/N-ethyl adjacent to an activating group) is 1. The van der Waals surface area contributed by atoms with Gasteiger partial charge in [0, 0.05) is 25.6 Å². The number of nitrogens with zero attached hydrogens (tertiary/aromatic N) is 1. The molecule has 74 valence electrons. The first-order valence-corrected chi connectivity index (χ1v) is 5.23. The lowest BCUT2D eigenvalue weighted by atomic mass is 9.79. The standard InChI is InChI=1S/C10H18N2O/c1-12-6-5-11-7-9(12)10(13)8-3-2-4-8/h8-9,11H,2-7H2,1H3. The van der Waals surface area contributed by atoms with Crippen molar-refractivity contribution in [3.8, 4) is 0 Å². The highest BCUT2D eigenvalue weighted by molar-refractivity contribution is 5.87. The van der Waals surface area contributed by atoms with Crippen molar-refractivity contribution < 1.29 is 4.79 Å². The molecule has 2 fully saturated rings. The highest BCUT2D eigenvalue weighted by atomic mass is 16.1. The van der Waals surface area contributed by atoms with E-state index in [9.17, 15) is 4.79 Å². The van der Waals surface area contributed by atoms with E-state index in [2.05, 4.69) is 17.3 Å². The highest BCUT2D eigenvalue weighted by Crippen LogP contribution is 2.29. The summed E-state index contributed by atoms with van der Waals surface area (Å²) in [5.41, 5.74) is 0. The number of carbonyl (C=O) groups excluding carboxylic acids is 1. The van der Waals surface area contributed by atoms with E-state index in [0.29, 0.717) is 11.7 Å². The zero-order chi connectivity index (χ0) is 9.26. The van der Waals surface area contributed by atoms with Gasteiger partial charge in [-0.05, 0) is 19.9 Å². The van der Waals surface area contributed by atoms with Crippen molar-refractivity contribution in [2.45, 2.75) is 25.3 Å². The van der Waals surface area contributed by atoms with Gasteiger partial charge in [0.1, 0.15) is 0 Å². The van der Waals surface area contributed by atoms with Crippen molar-refractivity contribution in [3.05, 3.63) is 0 Å². The zero-order valence-corrected chi connectivity index (χ0v) is 8.25. The van der Waals surface area contributed by atoms with E-state index in [1.807, 2.05) is 0 Å². The average molecular weight is 182 g/mol. The van der Waals surface area contributed by atoms with Crippen molar-refractivity contribution in [2.24, 2.45) is 5.92 Å². The molecule has 2 aliphatic rings. The zero-order valence-electron chi connectivity index (χ0n) is 8.25. The van der Waals surface area contributed by atoms with Crippen LogP contribution in [0.3, 0.4) is 0 Å². The molecule has 0 spiro atoms. The monoisotopic (exact) mass is 182 g/mol. The van der Waals surface area contributed by atoms with Crippen LogP contribution in [0.2, 0.25) is 0 Å². The van der Waals surface area contributed by atoms with Crippen LogP contribution in [0.15, 0.2) is 0 Å². The van der Waals surface area contributed by atoms with E-state index in [1.54, 1.807) is 0 Å². The summed E-state index contributed by atoms with van der Waals surface area (Å²) >= 11 is 0. The first-order chi connectivity index (χ1) is 6.29. The Hall–Kier alpha value is -0.410. The van der Waals surface area contributed by atoms with Gasteiger partial charge in [-0.15, -0.1) is 0 Å².